The first kappa shape index (κ1) is 30.4. The van der Waals surface area contributed by atoms with Crippen LogP contribution in [0.2, 0.25) is 0 Å². The summed E-state index contributed by atoms with van der Waals surface area (Å²) in [4.78, 5) is 40.5. The largest absolute Gasteiger partial charge is 0.417 e. The summed E-state index contributed by atoms with van der Waals surface area (Å²) < 4.78 is 39.2. The van der Waals surface area contributed by atoms with Gasteiger partial charge in [0.05, 0.1) is 34.9 Å². The Morgan fingerprint density at radius 1 is 0.930 bits per heavy atom. The number of hydrogen-bond donors (Lipinski definition) is 2. The molecule has 228 valence electrons. The van der Waals surface area contributed by atoms with Gasteiger partial charge in [-0.15, -0.1) is 0 Å². The molecule has 2 aliphatic heterocycles. The number of amides is 2. The van der Waals surface area contributed by atoms with Gasteiger partial charge in [0.1, 0.15) is 0 Å². The number of hydrogen-bond acceptors (Lipinski definition) is 7. The van der Waals surface area contributed by atoms with Crippen LogP contribution in [-0.4, -0.2) is 91.0 Å². The van der Waals surface area contributed by atoms with Crippen molar-refractivity contribution in [2.75, 3.05) is 69.6 Å². The fourth-order valence-corrected chi connectivity index (χ4v) is 5.56. The van der Waals surface area contributed by atoms with Crippen molar-refractivity contribution in [2.24, 2.45) is 0 Å². The van der Waals surface area contributed by atoms with Crippen molar-refractivity contribution < 1.29 is 22.8 Å². The lowest BCUT2D eigenvalue weighted by atomic mass is 9.92. The fourth-order valence-electron chi connectivity index (χ4n) is 5.56. The number of carbonyl (C=O) groups is 2. The molecular formula is C31H36F3N7O2. The molecule has 2 N–H and O–H groups in total. The third kappa shape index (κ3) is 7.68. The zero-order chi connectivity index (χ0) is 30.6. The standard InChI is InChI=1S/C31H36F3N7O2/c1-21-3-4-22(30(43)38-26-15-25(17-36-18-26)31(32,33)34)14-28(21)23-5-7-41(20-23)27-13-24(16-35-19-27)29(42)37-6-8-40-11-9-39(2)10-12-40/h3-4,13-19,23H,5-12,20H2,1-2H3,(H,37,42)(H,38,43)/t23-/m1/s1. The second-order valence-corrected chi connectivity index (χ2v) is 11.2. The number of pyridine rings is 2. The first-order chi connectivity index (χ1) is 20.6. The minimum absolute atomic E-state index is 0.0234. The average Bonchev–Trinajstić information content (AvgIpc) is 3.48. The minimum Gasteiger partial charge on any atom is -0.370 e. The van der Waals surface area contributed by atoms with Crippen LogP contribution in [0.15, 0.2) is 55.1 Å². The van der Waals surface area contributed by atoms with Crippen molar-refractivity contribution in [3.63, 3.8) is 0 Å². The van der Waals surface area contributed by atoms with Crippen molar-refractivity contribution in [3.8, 4) is 0 Å². The van der Waals surface area contributed by atoms with Crippen LogP contribution < -0.4 is 15.5 Å². The molecule has 2 amide bonds. The summed E-state index contributed by atoms with van der Waals surface area (Å²) in [6.45, 7) is 8.87. The number of nitrogens with one attached hydrogen (secondary N) is 2. The number of nitrogens with zero attached hydrogens (tertiary/aromatic N) is 5. The molecule has 4 heterocycles. The van der Waals surface area contributed by atoms with Crippen LogP contribution in [0.5, 0.6) is 0 Å². The Morgan fingerprint density at radius 3 is 2.47 bits per heavy atom. The zero-order valence-electron chi connectivity index (χ0n) is 24.3. The summed E-state index contributed by atoms with van der Waals surface area (Å²) in [7, 11) is 2.12. The van der Waals surface area contributed by atoms with Gasteiger partial charge >= 0.3 is 6.18 Å². The van der Waals surface area contributed by atoms with Crippen LogP contribution in [-0.2, 0) is 6.18 Å². The first-order valence-electron chi connectivity index (χ1n) is 14.4. The molecule has 0 aliphatic carbocycles. The molecular weight excluding hydrogens is 559 g/mol. The van der Waals surface area contributed by atoms with Gasteiger partial charge in [-0.25, -0.2) is 0 Å². The number of anilines is 2. The summed E-state index contributed by atoms with van der Waals surface area (Å²) in [6, 6.07) is 8.05. The summed E-state index contributed by atoms with van der Waals surface area (Å²) in [5.41, 5.74) is 2.80. The number of piperazine rings is 1. The molecule has 0 bridgehead atoms. The number of aryl methyl sites for hydroxylation is 1. The molecule has 43 heavy (non-hydrogen) atoms. The van der Waals surface area contributed by atoms with Crippen LogP contribution in [0.1, 0.15) is 49.7 Å². The Labute approximate surface area is 249 Å². The molecule has 9 nitrogen and oxygen atoms in total. The topological polar surface area (TPSA) is 93.7 Å². The van der Waals surface area contributed by atoms with Gasteiger partial charge in [0.25, 0.3) is 11.8 Å². The van der Waals surface area contributed by atoms with Gasteiger partial charge in [-0.05, 0) is 55.8 Å². The molecule has 2 aliphatic rings. The summed E-state index contributed by atoms with van der Waals surface area (Å²) in [6.07, 6.45) is 1.52. The maximum Gasteiger partial charge on any atom is 0.417 e. The van der Waals surface area contributed by atoms with E-state index in [1.54, 1.807) is 18.5 Å². The highest BCUT2D eigenvalue weighted by Gasteiger charge is 2.31. The molecule has 2 fully saturated rings. The van der Waals surface area contributed by atoms with Crippen molar-refractivity contribution in [3.05, 3.63) is 82.9 Å². The number of aromatic nitrogens is 2. The molecule has 2 aromatic heterocycles. The summed E-state index contributed by atoms with van der Waals surface area (Å²) in [5.74, 6) is -0.526. The predicted molar refractivity (Wildman–Crippen MR) is 158 cm³/mol. The first-order valence-corrected chi connectivity index (χ1v) is 14.4. The van der Waals surface area contributed by atoms with Gasteiger partial charge in [-0.2, -0.15) is 13.2 Å². The van der Waals surface area contributed by atoms with Crippen molar-refractivity contribution in [1.82, 2.24) is 25.1 Å². The third-order valence-electron chi connectivity index (χ3n) is 8.15. The van der Waals surface area contributed by atoms with E-state index in [9.17, 15) is 22.8 Å². The van der Waals surface area contributed by atoms with Crippen LogP contribution in [0.3, 0.4) is 0 Å². The molecule has 1 atom stereocenters. The number of rotatable bonds is 8. The number of alkyl halides is 3. The highest BCUT2D eigenvalue weighted by molar-refractivity contribution is 6.04. The van der Waals surface area contributed by atoms with E-state index in [2.05, 4.69) is 42.3 Å². The number of likely N-dealkylation sites (N-methyl/N-ethyl adjacent to an activating group) is 1. The molecule has 5 rings (SSSR count). The number of benzene rings is 1. The highest BCUT2D eigenvalue weighted by atomic mass is 19.4. The molecule has 12 heteroatoms. The van der Waals surface area contributed by atoms with E-state index >= 15 is 0 Å². The van der Waals surface area contributed by atoms with Crippen LogP contribution in [0.4, 0.5) is 24.5 Å². The second-order valence-electron chi connectivity index (χ2n) is 11.2. The Morgan fingerprint density at radius 2 is 1.70 bits per heavy atom. The van der Waals surface area contributed by atoms with E-state index in [0.29, 0.717) is 24.2 Å². The maximum absolute atomic E-state index is 13.1. The molecule has 2 saturated heterocycles. The number of carbonyl (C=O) groups excluding carboxylic acids is 2. The minimum atomic E-state index is -4.55. The third-order valence-corrected chi connectivity index (χ3v) is 8.15. The Bertz CT molecular complexity index is 1460. The monoisotopic (exact) mass is 595 g/mol. The van der Waals surface area contributed by atoms with E-state index in [-0.39, 0.29) is 17.5 Å². The van der Waals surface area contributed by atoms with E-state index in [1.807, 2.05) is 25.1 Å². The SMILES string of the molecule is Cc1ccc(C(=O)Nc2cncc(C(F)(F)F)c2)cc1[C@@H]1CCN(c2cncc(C(=O)NCCN3CCN(C)CC3)c2)C1. The lowest BCUT2D eigenvalue weighted by Gasteiger charge is -2.32. The summed E-state index contributed by atoms with van der Waals surface area (Å²) in [5, 5.41) is 5.54. The van der Waals surface area contributed by atoms with Gasteiger partial charge in [0.15, 0.2) is 0 Å². The molecule has 0 radical (unpaired) electrons. The van der Waals surface area contributed by atoms with Gasteiger partial charge in [-0.3, -0.25) is 24.5 Å². The maximum atomic E-state index is 13.1. The molecule has 1 aromatic carbocycles. The van der Waals surface area contributed by atoms with Crippen LogP contribution in [0, 0.1) is 6.92 Å². The summed E-state index contributed by atoms with van der Waals surface area (Å²) >= 11 is 0. The smallest absolute Gasteiger partial charge is 0.370 e. The van der Waals surface area contributed by atoms with Crippen LogP contribution in [0.25, 0.3) is 0 Å². The predicted octanol–water partition coefficient (Wildman–Crippen LogP) is 4.03. The zero-order valence-corrected chi connectivity index (χ0v) is 24.3. The molecule has 0 spiro atoms. The fraction of sp³-hybridized carbons (Fsp3) is 0.419. The Kier molecular flexibility index (Phi) is 9.26. The van der Waals surface area contributed by atoms with Gasteiger partial charge < -0.3 is 20.4 Å². The normalized spacial score (nSPS) is 18.1. The quantitative estimate of drug-likeness (QED) is 0.406. The van der Waals surface area contributed by atoms with Gasteiger partial charge in [0, 0.05) is 76.2 Å². The van der Waals surface area contributed by atoms with Crippen molar-refractivity contribution in [2.45, 2.75) is 25.4 Å². The van der Waals surface area contributed by atoms with Crippen molar-refractivity contribution in [1.29, 1.82) is 0 Å². The average molecular weight is 596 g/mol. The Balaban J connectivity index is 1.20. The molecule has 0 unspecified atom stereocenters. The molecule has 0 saturated carbocycles. The lowest BCUT2D eigenvalue weighted by Crippen LogP contribution is -2.46. The highest BCUT2D eigenvalue weighted by Crippen LogP contribution is 2.33. The van der Waals surface area contributed by atoms with Crippen molar-refractivity contribution >= 4 is 23.2 Å². The van der Waals surface area contributed by atoms with E-state index in [1.165, 1.54) is 6.20 Å². The molecule has 3 aromatic rings. The van der Waals surface area contributed by atoms with E-state index in [4.69, 9.17) is 0 Å². The van der Waals surface area contributed by atoms with Gasteiger partial charge in [-0.1, -0.05) is 6.07 Å². The lowest BCUT2D eigenvalue weighted by molar-refractivity contribution is -0.137. The van der Waals surface area contributed by atoms with E-state index < -0.39 is 17.6 Å². The van der Waals surface area contributed by atoms with Gasteiger partial charge in [0.2, 0.25) is 0 Å². The number of halogens is 3. The van der Waals surface area contributed by atoms with Crippen LogP contribution >= 0.6 is 0 Å². The second kappa shape index (κ2) is 13.1. The van der Waals surface area contributed by atoms with E-state index in [0.717, 1.165) is 74.8 Å². The Hall–Kier alpha value is -4.03.